The highest BCUT2D eigenvalue weighted by Gasteiger charge is 2.35. The van der Waals surface area contributed by atoms with Crippen LogP contribution in [0.5, 0.6) is 0 Å². The van der Waals surface area contributed by atoms with Crippen LogP contribution in [-0.4, -0.2) is 40.6 Å². The monoisotopic (exact) mass is 339 g/mol. The molecule has 130 valence electrons. The molecule has 1 aliphatic heterocycles. The number of ether oxygens (including phenoxy) is 1. The largest absolute Gasteiger partial charge is 0.465 e. The summed E-state index contributed by atoms with van der Waals surface area (Å²) in [6.07, 6.45) is 3.26. The zero-order valence-electron chi connectivity index (χ0n) is 14.8. The number of carbonyl (C=O) groups is 2. The third kappa shape index (κ3) is 3.07. The maximum Gasteiger partial charge on any atom is 0.341 e. The van der Waals surface area contributed by atoms with Gasteiger partial charge in [-0.15, -0.1) is 0 Å². The Morgan fingerprint density at radius 3 is 2.56 bits per heavy atom. The molecule has 0 unspecified atom stereocenters. The summed E-state index contributed by atoms with van der Waals surface area (Å²) < 4.78 is 4.90. The van der Waals surface area contributed by atoms with Gasteiger partial charge in [-0.1, -0.05) is 31.5 Å². The lowest BCUT2D eigenvalue weighted by Gasteiger charge is -2.28. The number of benzene rings is 1. The topological polar surface area (TPSA) is 75.3 Å². The number of esters is 1. The van der Waals surface area contributed by atoms with Crippen LogP contribution in [-0.2, 0) is 14.9 Å². The summed E-state index contributed by atoms with van der Waals surface area (Å²) in [6.45, 7) is 6.43. The number of methoxy groups -OCH3 is 1. The fraction of sp³-hybridized carbons (Fsp3) is 0.316. The number of H-pyrrole nitrogens is 1. The number of rotatable bonds is 2. The van der Waals surface area contributed by atoms with Crippen molar-refractivity contribution in [3.8, 4) is 0 Å². The van der Waals surface area contributed by atoms with Crippen molar-refractivity contribution in [3.05, 3.63) is 59.0 Å². The molecular formula is C19H21N3O3. The van der Waals surface area contributed by atoms with E-state index in [0.717, 1.165) is 11.1 Å². The van der Waals surface area contributed by atoms with Crippen LogP contribution in [0.25, 0.3) is 5.57 Å². The summed E-state index contributed by atoms with van der Waals surface area (Å²) in [5, 5.41) is 6.94. The van der Waals surface area contributed by atoms with Gasteiger partial charge in [0.05, 0.1) is 19.0 Å². The predicted molar refractivity (Wildman–Crippen MR) is 93.8 cm³/mol. The van der Waals surface area contributed by atoms with E-state index in [4.69, 9.17) is 4.74 Å². The van der Waals surface area contributed by atoms with E-state index in [0.29, 0.717) is 23.4 Å². The smallest absolute Gasteiger partial charge is 0.341 e. The first kappa shape index (κ1) is 17.0. The lowest BCUT2D eigenvalue weighted by atomic mass is 9.84. The summed E-state index contributed by atoms with van der Waals surface area (Å²) in [4.78, 5) is 26.8. The molecule has 3 rings (SSSR count). The van der Waals surface area contributed by atoms with Gasteiger partial charge in [-0.2, -0.15) is 5.10 Å². The Hall–Kier alpha value is -2.89. The summed E-state index contributed by atoms with van der Waals surface area (Å²) >= 11 is 0. The molecule has 6 heteroatoms. The number of amides is 1. The Kier molecular flexibility index (Phi) is 4.20. The Balaban J connectivity index is 2.08. The minimum Gasteiger partial charge on any atom is -0.465 e. The standard InChI is InChI=1S/C19H21N3O3/c1-12-5-7-13(8-6-12)17(23)22-10-14(18(24)25-4)16-15(9-20-21-16)19(2,3)11-22/h5-10H,11H2,1-4H3,(H,20,21). The van der Waals surface area contributed by atoms with Crippen molar-refractivity contribution in [2.24, 2.45) is 0 Å². The Morgan fingerprint density at radius 2 is 1.92 bits per heavy atom. The molecule has 0 saturated heterocycles. The van der Waals surface area contributed by atoms with Gasteiger partial charge in [0.25, 0.3) is 5.91 Å². The van der Waals surface area contributed by atoms with Gasteiger partial charge in [-0.25, -0.2) is 4.79 Å². The van der Waals surface area contributed by atoms with Crippen molar-refractivity contribution in [3.63, 3.8) is 0 Å². The number of nitrogens with one attached hydrogen (secondary N) is 1. The third-order valence-corrected chi connectivity index (χ3v) is 4.45. The van der Waals surface area contributed by atoms with Crippen molar-refractivity contribution in [2.45, 2.75) is 26.2 Å². The van der Waals surface area contributed by atoms with E-state index in [1.165, 1.54) is 7.11 Å². The van der Waals surface area contributed by atoms with E-state index < -0.39 is 5.97 Å². The molecule has 6 nitrogen and oxygen atoms in total. The molecule has 0 atom stereocenters. The van der Waals surface area contributed by atoms with Crippen LogP contribution in [0.2, 0.25) is 0 Å². The minimum absolute atomic E-state index is 0.160. The summed E-state index contributed by atoms with van der Waals surface area (Å²) in [5.74, 6) is -0.669. The van der Waals surface area contributed by atoms with E-state index in [9.17, 15) is 9.59 Å². The van der Waals surface area contributed by atoms with Crippen molar-refractivity contribution >= 4 is 17.4 Å². The predicted octanol–water partition coefficient (Wildman–Crippen LogP) is 2.67. The lowest BCUT2D eigenvalue weighted by molar-refractivity contribution is -0.133. The fourth-order valence-electron chi connectivity index (χ4n) is 3.04. The number of hydrogen-bond acceptors (Lipinski definition) is 4. The summed E-state index contributed by atoms with van der Waals surface area (Å²) in [6, 6.07) is 7.38. The Bertz CT molecular complexity index is 847. The molecule has 1 aromatic heterocycles. The number of fused-ring (bicyclic) bond motifs is 1. The average Bonchev–Trinajstić information content (AvgIpc) is 3.04. The zero-order valence-corrected chi connectivity index (χ0v) is 14.8. The van der Waals surface area contributed by atoms with Crippen LogP contribution >= 0.6 is 0 Å². The summed E-state index contributed by atoms with van der Waals surface area (Å²) in [5.41, 5.74) is 3.04. The lowest BCUT2D eigenvalue weighted by Crippen LogP contribution is -2.36. The molecule has 2 aromatic rings. The van der Waals surface area contributed by atoms with Crippen molar-refractivity contribution < 1.29 is 14.3 Å². The highest BCUT2D eigenvalue weighted by atomic mass is 16.5. The normalized spacial score (nSPS) is 15.8. The molecule has 1 amide bonds. The number of aromatic nitrogens is 2. The van der Waals surface area contributed by atoms with Crippen LogP contribution in [0, 0.1) is 6.92 Å². The third-order valence-electron chi connectivity index (χ3n) is 4.45. The first-order valence-electron chi connectivity index (χ1n) is 8.05. The molecule has 1 N–H and O–H groups in total. The molecule has 0 fully saturated rings. The highest BCUT2D eigenvalue weighted by Crippen LogP contribution is 2.34. The van der Waals surface area contributed by atoms with Crippen LogP contribution in [0.15, 0.2) is 36.7 Å². The van der Waals surface area contributed by atoms with E-state index in [-0.39, 0.29) is 11.3 Å². The van der Waals surface area contributed by atoms with E-state index in [1.807, 2.05) is 32.9 Å². The van der Waals surface area contributed by atoms with Crippen LogP contribution in [0.3, 0.4) is 0 Å². The van der Waals surface area contributed by atoms with Crippen molar-refractivity contribution in [2.75, 3.05) is 13.7 Å². The Labute approximate surface area is 146 Å². The maximum atomic E-state index is 13.0. The quantitative estimate of drug-likeness (QED) is 0.854. The van der Waals surface area contributed by atoms with Gasteiger partial charge < -0.3 is 9.64 Å². The number of carbonyl (C=O) groups excluding carboxylic acids is 2. The number of nitrogens with zero attached hydrogens (tertiary/aromatic N) is 2. The first-order chi connectivity index (χ1) is 11.8. The van der Waals surface area contributed by atoms with E-state index >= 15 is 0 Å². The van der Waals surface area contributed by atoms with Crippen LogP contribution in [0.1, 0.15) is 41.0 Å². The molecule has 25 heavy (non-hydrogen) atoms. The number of aromatic amines is 1. The zero-order chi connectivity index (χ0) is 18.2. The number of aryl methyl sites for hydroxylation is 1. The van der Waals surface area contributed by atoms with Crippen molar-refractivity contribution in [1.29, 1.82) is 0 Å². The van der Waals surface area contributed by atoms with Gasteiger partial charge in [0.2, 0.25) is 0 Å². The number of hydrogen-bond donors (Lipinski definition) is 1. The van der Waals surface area contributed by atoms with Gasteiger partial charge >= 0.3 is 5.97 Å². The second kappa shape index (κ2) is 6.20. The molecule has 0 radical (unpaired) electrons. The highest BCUT2D eigenvalue weighted by molar-refractivity contribution is 6.17. The molecule has 0 saturated carbocycles. The molecular weight excluding hydrogens is 318 g/mol. The van der Waals surface area contributed by atoms with Crippen molar-refractivity contribution in [1.82, 2.24) is 15.1 Å². The molecule has 0 aliphatic carbocycles. The van der Waals surface area contributed by atoms with E-state index in [2.05, 4.69) is 10.2 Å². The fourth-order valence-corrected chi connectivity index (χ4v) is 3.04. The second-order valence-corrected chi connectivity index (χ2v) is 6.88. The molecule has 1 aromatic carbocycles. The summed E-state index contributed by atoms with van der Waals surface area (Å²) in [7, 11) is 1.32. The molecule has 1 aliphatic rings. The SMILES string of the molecule is COC(=O)C1=CN(C(=O)c2ccc(C)cc2)CC(C)(C)c2cn[nH]c21. The molecule has 0 bridgehead atoms. The molecule has 2 heterocycles. The Morgan fingerprint density at radius 1 is 1.24 bits per heavy atom. The van der Waals surface area contributed by atoms with Crippen LogP contribution in [0.4, 0.5) is 0 Å². The van der Waals surface area contributed by atoms with Gasteiger partial charge in [-0.05, 0) is 19.1 Å². The maximum absolute atomic E-state index is 13.0. The van der Waals surface area contributed by atoms with Gasteiger partial charge in [-0.3, -0.25) is 9.89 Å². The molecule has 0 spiro atoms. The van der Waals surface area contributed by atoms with E-state index in [1.54, 1.807) is 29.4 Å². The average molecular weight is 339 g/mol. The van der Waals surface area contributed by atoms with Gasteiger partial charge in [0.1, 0.15) is 5.57 Å². The van der Waals surface area contributed by atoms with Gasteiger partial charge in [0, 0.05) is 29.3 Å². The first-order valence-corrected chi connectivity index (χ1v) is 8.05. The van der Waals surface area contributed by atoms with Crippen LogP contribution < -0.4 is 0 Å². The van der Waals surface area contributed by atoms with Gasteiger partial charge in [0.15, 0.2) is 0 Å². The second-order valence-electron chi connectivity index (χ2n) is 6.88. The minimum atomic E-state index is -0.509.